The van der Waals surface area contributed by atoms with Gasteiger partial charge in [-0.15, -0.1) is 0 Å². The van der Waals surface area contributed by atoms with Crippen LogP contribution in [0.4, 0.5) is 15.6 Å². The van der Waals surface area contributed by atoms with Crippen LogP contribution in [0.25, 0.3) is 0 Å². The number of nitrogens with one attached hydrogen (secondary N) is 2. The third kappa shape index (κ3) is 6.89. The van der Waals surface area contributed by atoms with E-state index in [0.717, 1.165) is 65.2 Å². The third-order valence-corrected chi connectivity index (χ3v) is 6.70. The second-order valence-electron chi connectivity index (χ2n) is 7.74. The molecule has 0 radical (unpaired) electrons. The number of ether oxygens (including phenoxy) is 1. The number of methoxy groups -OCH3 is 1. The van der Waals surface area contributed by atoms with Gasteiger partial charge in [0.2, 0.25) is 5.13 Å². The molecular formula is C23H27BrN6O2S. The Hall–Kier alpha value is -2.69. The van der Waals surface area contributed by atoms with Crippen LogP contribution in [0.3, 0.4) is 0 Å². The van der Waals surface area contributed by atoms with Gasteiger partial charge in [-0.1, -0.05) is 34.1 Å². The first-order valence-corrected chi connectivity index (χ1v) is 12.4. The highest BCUT2D eigenvalue weighted by atomic mass is 79.9. The highest BCUT2D eigenvalue weighted by molar-refractivity contribution is 9.10. The van der Waals surface area contributed by atoms with Crippen molar-refractivity contribution in [2.24, 2.45) is 0 Å². The van der Waals surface area contributed by atoms with Crippen LogP contribution in [-0.2, 0) is 6.42 Å². The lowest BCUT2D eigenvalue weighted by Gasteiger charge is -2.34. The van der Waals surface area contributed by atoms with Crippen LogP contribution in [0.5, 0.6) is 5.75 Å². The van der Waals surface area contributed by atoms with E-state index in [2.05, 4.69) is 46.8 Å². The molecule has 2 heterocycles. The molecule has 174 valence electrons. The molecule has 4 rings (SSSR count). The first kappa shape index (κ1) is 23.5. The van der Waals surface area contributed by atoms with E-state index in [1.807, 2.05) is 42.5 Å². The molecule has 1 aromatic heterocycles. The lowest BCUT2D eigenvalue weighted by molar-refractivity contribution is 0.240. The number of hydrogen-bond acceptors (Lipinski definition) is 7. The van der Waals surface area contributed by atoms with Gasteiger partial charge in [0, 0.05) is 67.4 Å². The molecule has 0 saturated carbocycles. The van der Waals surface area contributed by atoms with Crippen LogP contribution in [-0.4, -0.2) is 66.7 Å². The molecule has 33 heavy (non-hydrogen) atoms. The molecule has 2 amide bonds. The fourth-order valence-electron chi connectivity index (χ4n) is 3.64. The zero-order valence-electron chi connectivity index (χ0n) is 18.5. The molecule has 0 bridgehead atoms. The van der Waals surface area contributed by atoms with E-state index < -0.39 is 0 Å². The van der Waals surface area contributed by atoms with Gasteiger partial charge in [-0.05, 0) is 35.9 Å². The van der Waals surface area contributed by atoms with Crippen LogP contribution in [0.2, 0.25) is 0 Å². The van der Waals surface area contributed by atoms with Gasteiger partial charge in [-0.3, -0.25) is 4.90 Å². The number of amides is 2. The van der Waals surface area contributed by atoms with Crippen molar-refractivity contribution in [2.75, 3.05) is 56.6 Å². The van der Waals surface area contributed by atoms with Crippen molar-refractivity contribution in [3.63, 3.8) is 0 Å². The Morgan fingerprint density at radius 2 is 1.97 bits per heavy atom. The number of carbonyl (C=O) groups excluding carboxylic acids is 1. The van der Waals surface area contributed by atoms with E-state index in [-0.39, 0.29) is 6.03 Å². The summed E-state index contributed by atoms with van der Waals surface area (Å²) >= 11 is 4.86. The molecule has 0 aliphatic carbocycles. The van der Waals surface area contributed by atoms with Gasteiger partial charge in [0.05, 0.1) is 7.11 Å². The number of piperazine rings is 1. The zero-order valence-corrected chi connectivity index (χ0v) is 20.9. The summed E-state index contributed by atoms with van der Waals surface area (Å²) < 4.78 is 10.8. The Morgan fingerprint density at radius 1 is 1.15 bits per heavy atom. The van der Waals surface area contributed by atoms with E-state index in [1.54, 1.807) is 7.11 Å². The van der Waals surface area contributed by atoms with Crippen LogP contribution in [0, 0.1) is 0 Å². The highest BCUT2D eigenvalue weighted by Crippen LogP contribution is 2.21. The Morgan fingerprint density at radius 3 is 2.76 bits per heavy atom. The van der Waals surface area contributed by atoms with Gasteiger partial charge in [-0.2, -0.15) is 4.37 Å². The van der Waals surface area contributed by atoms with Crippen molar-refractivity contribution < 1.29 is 9.53 Å². The van der Waals surface area contributed by atoms with Crippen molar-refractivity contribution >= 4 is 44.3 Å². The fraction of sp³-hybridized carbons (Fsp3) is 0.348. The minimum absolute atomic E-state index is 0.191. The predicted molar refractivity (Wildman–Crippen MR) is 136 cm³/mol. The SMILES string of the molecule is COc1cccc(Cc2nsc(N3CCN(CCNC(=O)Nc4cccc(Br)c4)CC3)n2)c1. The van der Waals surface area contributed by atoms with E-state index >= 15 is 0 Å². The molecule has 0 atom stereocenters. The summed E-state index contributed by atoms with van der Waals surface area (Å²) in [4.78, 5) is 21.5. The Kier molecular flexibility index (Phi) is 8.14. The van der Waals surface area contributed by atoms with Crippen LogP contribution < -0.4 is 20.3 Å². The van der Waals surface area contributed by atoms with Crippen LogP contribution >= 0.6 is 27.5 Å². The molecule has 2 aromatic carbocycles. The lowest BCUT2D eigenvalue weighted by atomic mass is 10.1. The van der Waals surface area contributed by atoms with E-state index in [0.29, 0.717) is 13.0 Å². The number of aromatic nitrogens is 2. The molecule has 0 unspecified atom stereocenters. The van der Waals surface area contributed by atoms with Gasteiger partial charge < -0.3 is 20.3 Å². The normalized spacial score (nSPS) is 14.2. The van der Waals surface area contributed by atoms with Crippen LogP contribution in [0.15, 0.2) is 53.0 Å². The maximum Gasteiger partial charge on any atom is 0.319 e. The Balaban J connectivity index is 1.18. The third-order valence-electron chi connectivity index (χ3n) is 5.39. The van der Waals surface area contributed by atoms with E-state index in [1.165, 1.54) is 11.5 Å². The number of carbonyl (C=O) groups is 1. The number of urea groups is 1. The molecule has 0 spiro atoms. The number of anilines is 2. The largest absolute Gasteiger partial charge is 0.497 e. The molecule has 1 aliphatic rings. The number of benzene rings is 2. The summed E-state index contributed by atoms with van der Waals surface area (Å²) in [5.74, 6) is 1.69. The summed E-state index contributed by atoms with van der Waals surface area (Å²) in [6.07, 6.45) is 0.696. The first-order valence-electron chi connectivity index (χ1n) is 10.8. The predicted octanol–water partition coefficient (Wildman–Crippen LogP) is 3.84. The number of hydrogen-bond donors (Lipinski definition) is 2. The fourth-order valence-corrected chi connectivity index (χ4v) is 4.78. The number of rotatable bonds is 8. The quantitative estimate of drug-likeness (QED) is 0.460. The summed E-state index contributed by atoms with van der Waals surface area (Å²) in [6, 6.07) is 15.4. The highest BCUT2D eigenvalue weighted by Gasteiger charge is 2.20. The van der Waals surface area contributed by atoms with Crippen molar-refractivity contribution in [2.45, 2.75) is 6.42 Å². The van der Waals surface area contributed by atoms with Gasteiger partial charge >= 0.3 is 6.03 Å². The number of halogens is 1. The van der Waals surface area contributed by atoms with Crippen molar-refractivity contribution in [1.82, 2.24) is 19.6 Å². The van der Waals surface area contributed by atoms with E-state index in [4.69, 9.17) is 9.72 Å². The summed E-state index contributed by atoms with van der Waals surface area (Å²) in [7, 11) is 1.67. The minimum atomic E-state index is -0.191. The standard InChI is InChI=1S/C23H27BrN6O2S/c1-32-20-7-2-4-17(14-20)15-21-27-23(33-28-21)30-12-10-29(11-13-30)9-8-25-22(31)26-19-6-3-5-18(24)16-19/h2-7,14,16H,8-13,15H2,1H3,(H2,25,26,31). The minimum Gasteiger partial charge on any atom is -0.497 e. The van der Waals surface area contributed by atoms with E-state index in [9.17, 15) is 4.79 Å². The zero-order chi connectivity index (χ0) is 23.0. The molecular weight excluding hydrogens is 504 g/mol. The molecule has 1 fully saturated rings. The van der Waals surface area contributed by atoms with Gasteiger partial charge in [-0.25, -0.2) is 9.78 Å². The van der Waals surface area contributed by atoms with Crippen LogP contribution in [0.1, 0.15) is 11.4 Å². The first-order chi connectivity index (χ1) is 16.1. The molecule has 2 N–H and O–H groups in total. The van der Waals surface area contributed by atoms with Crippen molar-refractivity contribution in [3.8, 4) is 5.75 Å². The topological polar surface area (TPSA) is 82.6 Å². The van der Waals surface area contributed by atoms with Gasteiger partial charge in [0.1, 0.15) is 11.6 Å². The summed E-state index contributed by atoms with van der Waals surface area (Å²) in [5, 5.41) is 6.74. The lowest BCUT2D eigenvalue weighted by Crippen LogP contribution is -2.48. The monoisotopic (exact) mass is 530 g/mol. The average Bonchev–Trinajstić information content (AvgIpc) is 3.28. The second-order valence-corrected chi connectivity index (χ2v) is 9.39. The summed E-state index contributed by atoms with van der Waals surface area (Å²) in [6.45, 7) is 5.08. The molecule has 10 heteroatoms. The second kappa shape index (κ2) is 11.4. The Bertz CT molecular complexity index is 1070. The smallest absolute Gasteiger partial charge is 0.319 e. The van der Waals surface area contributed by atoms with Crippen molar-refractivity contribution in [1.29, 1.82) is 0 Å². The summed E-state index contributed by atoms with van der Waals surface area (Å²) in [5.41, 5.74) is 1.90. The molecule has 1 aliphatic heterocycles. The maximum atomic E-state index is 12.1. The number of nitrogens with zero attached hydrogens (tertiary/aromatic N) is 4. The molecule has 3 aromatic rings. The maximum absolute atomic E-state index is 12.1. The van der Waals surface area contributed by atoms with Crippen molar-refractivity contribution in [3.05, 3.63) is 64.4 Å². The molecule has 1 saturated heterocycles. The average molecular weight is 531 g/mol. The Labute approximate surface area is 206 Å². The van der Waals surface area contributed by atoms with Gasteiger partial charge in [0.15, 0.2) is 0 Å². The molecule has 8 nitrogen and oxygen atoms in total. The van der Waals surface area contributed by atoms with Gasteiger partial charge in [0.25, 0.3) is 0 Å².